The molecule has 1 aromatic carbocycles. The van der Waals surface area contributed by atoms with E-state index in [4.69, 9.17) is 10.8 Å². The standard InChI is InChI=1S/C14H21BrFN3O/c15-13-11(10-17)2-3-12(14(13)16)19-5-1-4-18(6-7-19)8-9-20/h2-3,20H,1,4-10,17H2. The highest BCUT2D eigenvalue weighted by atomic mass is 79.9. The number of halogens is 2. The van der Waals surface area contributed by atoms with Crippen molar-refractivity contribution >= 4 is 21.6 Å². The summed E-state index contributed by atoms with van der Waals surface area (Å²) in [5.41, 5.74) is 6.99. The molecule has 1 heterocycles. The van der Waals surface area contributed by atoms with Gasteiger partial charge in [0.25, 0.3) is 0 Å². The van der Waals surface area contributed by atoms with Crippen molar-refractivity contribution in [1.29, 1.82) is 0 Å². The highest BCUT2D eigenvalue weighted by Gasteiger charge is 2.19. The van der Waals surface area contributed by atoms with Crippen LogP contribution in [-0.2, 0) is 6.54 Å². The largest absolute Gasteiger partial charge is 0.395 e. The zero-order chi connectivity index (χ0) is 14.5. The van der Waals surface area contributed by atoms with Crippen LogP contribution in [0.1, 0.15) is 12.0 Å². The third-order valence-electron chi connectivity index (χ3n) is 3.71. The van der Waals surface area contributed by atoms with E-state index in [1.54, 1.807) is 0 Å². The maximum Gasteiger partial charge on any atom is 0.160 e. The van der Waals surface area contributed by atoms with Crippen molar-refractivity contribution in [2.24, 2.45) is 5.73 Å². The third kappa shape index (κ3) is 3.49. The summed E-state index contributed by atoms with van der Waals surface area (Å²) in [7, 11) is 0. The number of anilines is 1. The Kier molecular flexibility index (Phi) is 5.77. The number of rotatable bonds is 4. The molecular formula is C14H21BrFN3O. The minimum Gasteiger partial charge on any atom is -0.395 e. The molecule has 0 saturated carbocycles. The van der Waals surface area contributed by atoms with Crippen LogP contribution >= 0.6 is 15.9 Å². The molecule has 4 nitrogen and oxygen atoms in total. The fraction of sp³-hybridized carbons (Fsp3) is 0.571. The first kappa shape index (κ1) is 15.7. The molecule has 0 bridgehead atoms. The maximum atomic E-state index is 14.4. The van der Waals surface area contributed by atoms with Gasteiger partial charge in [-0.3, -0.25) is 4.90 Å². The van der Waals surface area contributed by atoms with Crippen LogP contribution in [0.25, 0.3) is 0 Å². The van der Waals surface area contributed by atoms with Crippen LogP contribution in [0.3, 0.4) is 0 Å². The second-order valence-electron chi connectivity index (χ2n) is 4.98. The van der Waals surface area contributed by atoms with E-state index in [1.807, 2.05) is 12.1 Å². The molecule has 2 rings (SSSR count). The van der Waals surface area contributed by atoms with Crippen LogP contribution in [0, 0.1) is 5.82 Å². The molecule has 0 aliphatic carbocycles. The van der Waals surface area contributed by atoms with Crippen LogP contribution in [0.5, 0.6) is 0 Å². The SMILES string of the molecule is NCc1ccc(N2CCCN(CCO)CC2)c(F)c1Br. The van der Waals surface area contributed by atoms with Crippen LogP contribution in [0.4, 0.5) is 10.1 Å². The lowest BCUT2D eigenvalue weighted by atomic mass is 10.1. The highest BCUT2D eigenvalue weighted by Crippen LogP contribution is 2.29. The Morgan fingerprint density at radius 2 is 2.05 bits per heavy atom. The van der Waals surface area contributed by atoms with Gasteiger partial charge in [-0.2, -0.15) is 0 Å². The van der Waals surface area contributed by atoms with E-state index in [2.05, 4.69) is 25.7 Å². The minimum absolute atomic E-state index is 0.172. The van der Waals surface area contributed by atoms with Gasteiger partial charge in [0.2, 0.25) is 0 Å². The summed E-state index contributed by atoms with van der Waals surface area (Å²) in [6.45, 7) is 4.56. The van der Waals surface area contributed by atoms with Crippen molar-refractivity contribution in [2.45, 2.75) is 13.0 Å². The van der Waals surface area contributed by atoms with E-state index >= 15 is 0 Å². The number of nitrogens with zero attached hydrogens (tertiary/aromatic N) is 2. The summed E-state index contributed by atoms with van der Waals surface area (Å²) >= 11 is 3.29. The Labute approximate surface area is 127 Å². The number of aliphatic hydroxyl groups is 1. The van der Waals surface area contributed by atoms with Crippen LogP contribution in [0.2, 0.25) is 0 Å². The van der Waals surface area contributed by atoms with E-state index < -0.39 is 0 Å². The Morgan fingerprint density at radius 1 is 1.25 bits per heavy atom. The molecule has 1 fully saturated rings. The second kappa shape index (κ2) is 7.36. The number of β-amino-alcohol motifs (C(OH)–C–C–N with tert-alkyl or cyclic N) is 1. The van der Waals surface area contributed by atoms with Gasteiger partial charge < -0.3 is 15.7 Å². The molecule has 0 spiro atoms. The van der Waals surface area contributed by atoms with Crippen LogP contribution < -0.4 is 10.6 Å². The lowest BCUT2D eigenvalue weighted by molar-refractivity contribution is 0.204. The normalized spacial score (nSPS) is 17.3. The Morgan fingerprint density at radius 3 is 2.75 bits per heavy atom. The van der Waals surface area contributed by atoms with E-state index in [1.165, 1.54) is 0 Å². The summed E-state index contributed by atoms with van der Waals surface area (Å²) in [5.74, 6) is -0.233. The molecule has 1 aromatic rings. The molecule has 0 atom stereocenters. The molecule has 112 valence electrons. The zero-order valence-electron chi connectivity index (χ0n) is 11.5. The highest BCUT2D eigenvalue weighted by molar-refractivity contribution is 9.10. The molecular weight excluding hydrogens is 325 g/mol. The fourth-order valence-electron chi connectivity index (χ4n) is 2.56. The van der Waals surface area contributed by atoms with Crippen molar-refractivity contribution in [3.05, 3.63) is 28.0 Å². The molecule has 1 aliphatic rings. The van der Waals surface area contributed by atoms with Gasteiger partial charge in [0.1, 0.15) is 0 Å². The average molecular weight is 346 g/mol. The minimum atomic E-state index is -0.233. The smallest absolute Gasteiger partial charge is 0.160 e. The Hall–Kier alpha value is -0.690. The van der Waals surface area contributed by atoms with Gasteiger partial charge in [-0.05, 0) is 40.5 Å². The lowest BCUT2D eigenvalue weighted by Crippen LogP contribution is -2.32. The van der Waals surface area contributed by atoms with E-state index in [0.717, 1.165) is 38.2 Å². The van der Waals surface area contributed by atoms with Crippen molar-refractivity contribution in [1.82, 2.24) is 4.90 Å². The molecule has 1 aliphatic heterocycles. The Bertz CT molecular complexity index is 458. The first-order chi connectivity index (χ1) is 9.67. The van der Waals surface area contributed by atoms with Crippen molar-refractivity contribution in [3.8, 4) is 0 Å². The summed E-state index contributed by atoms with van der Waals surface area (Å²) < 4.78 is 14.9. The van der Waals surface area contributed by atoms with Crippen molar-refractivity contribution in [3.63, 3.8) is 0 Å². The molecule has 6 heteroatoms. The van der Waals surface area contributed by atoms with Crippen molar-refractivity contribution in [2.75, 3.05) is 44.2 Å². The monoisotopic (exact) mass is 345 g/mol. The summed E-state index contributed by atoms with van der Waals surface area (Å²) in [4.78, 5) is 4.28. The molecule has 0 unspecified atom stereocenters. The average Bonchev–Trinajstić information content (AvgIpc) is 2.68. The second-order valence-corrected chi connectivity index (χ2v) is 5.77. The lowest BCUT2D eigenvalue weighted by Gasteiger charge is -2.24. The van der Waals surface area contributed by atoms with Crippen LogP contribution in [-0.4, -0.2) is 49.3 Å². The summed E-state index contributed by atoms with van der Waals surface area (Å²) in [6, 6.07) is 3.68. The topological polar surface area (TPSA) is 52.7 Å². The quantitative estimate of drug-likeness (QED) is 0.869. The van der Waals surface area contributed by atoms with E-state index in [9.17, 15) is 4.39 Å². The molecule has 0 aromatic heterocycles. The number of aliphatic hydroxyl groups excluding tert-OH is 1. The predicted octanol–water partition coefficient (Wildman–Crippen LogP) is 1.55. The first-order valence-corrected chi connectivity index (χ1v) is 7.71. The maximum absolute atomic E-state index is 14.4. The number of hydrogen-bond acceptors (Lipinski definition) is 4. The van der Waals surface area contributed by atoms with Crippen LogP contribution in [0.15, 0.2) is 16.6 Å². The number of hydrogen-bond donors (Lipinski definition) is 2. The van der Waals surface area contributed by atoms with Crippen molar-refractivity contribution < 1.29 is 9.50 Å². The Balaban J connectivity index is 2.14. The molecule has 20 heavy (non-hydrogen) atoms. The predicted molar refractivity (Wildman–Crippen MR) is 82.3 cm³/mol. The van der Waals surface area contributed by atoms with E-state index in [0.29, 0.717) is 23.2 Å². The molecule has 3 N–H and O–H groups in total. The van der Waals surface area contributed by atoms with Gasteiger partial charge >= 0.3 is 0 Å². The summed E-state index contributed by atoms with van der Waals surface area (Å²) in [5, 5.41) is 9.00. The third-order valence-corrected chi connectivity index (χ3v) is 4.56. The molecule has 1 saturated heterocycles. The van der Waals surface area contributed by atoms with Gasteiger partial charge in [-0.25, -0.2) is 4.39 Å². The van der Waals surface area contributed by atoms with Gasteiger partial charge in [0.15, 0.2) is 5.82 Å². The van der Waals surface area contributed by atoms with Gasteiger partial charge in [0, 0.05) is 32.7 Å². The zero-order valence-corrected chi connectivity index (χ0v) is 13.1. The van der Waals surface area contributed by atoms with Gasteiger partial charge in [0.05, 0.1) is 16.8 Å². The number of nitrogens with two attached hydrogens (primary N) is 1. The fourth-order valence-corrected chi connectivity index (χ4v) is 3.06. The first-order valence-electron chi connectivity index (χ1n) is 6.92. The molecule has 0 radical (unpaired) electrons. The molecule has 0 amide bonds. The van der Waals surface area contributed by atoms with E-state index in [-0.39, 0.29) is 12.4 Å². The number of benzene rings is 1. The summed E-state index contributed by atoms with van der Waals surface area (Å²) in [6.07, 6.45) is 0.968. The van der Waals surface area contributed by atoms with Gasteiger partial charge in [-0.1, -0.05) is 6.07 Å². The van der Waals surface area contributed by atoms with Gasteiger partial charge in [-0.15, -0.1) is 0 Å².